The Hall–Kier alpha value is -2.41. The molecule has 0 saturated carbocycles. The van der Waals surface area contributed by atoms with Crippen LogP contribution in [0.25, 0.3) is 5.70 Å². The Kier molecular flexibility index (Phi) is 7.28. The maximum absolute atomic E-state index is 13.0. The molecule has 0 fully saturated rings. The Labute approximate surface area is 201 Å². The number of anilines is 1. The molecule has 0 bridgehead atoms. The van der Waals surface area contributed by atoms with Crippen molar-refractivity contribution >= 4 is 58.1 Å². The highest BCUT2D eigenvalue weighted by Gasteiger charge is 2.28. The number of allylic oxidation sites excluding steroid dienone is 1. The Morgan fingerprint density at radius 3 is 2.62 bits per heavy atom. The number of alkyl halides is 3. The van der Waals surface area contributed by atoms with Gasteiger partial charge in [0, 0.05) is 34.1 Å². The predicted molar refractivity (Wildman–Crippen MR) is 128 cm³/mol. The Bertz CT molecular complexity index is 1060. The lowest BCUT2D eigenvalue weighted by Crippen LogP contribution is -2.43. The zero-order valence-electron chi connectivity index (χ0n) is 17.8. The van der Waals surface area contributed by atoms with Crippen LogP contribution in [0.5, 0.6) is 5.75 Å². The summed E-state index contributed by atoms with van der Waals surface area (Å²) in [6.45, 7) is 3.75. The molecule has 0 radical (unpaired) electrons. The first-order valence-electron chi connectivity index (χ1n) is 9.78. The van der Waals surface area contributed by atoms with Gasteiger partial charge in [-0.3, -0.25) is 10.1 Å². The molecular formula is C23H23Cl3N2O4. The van der Waals surface area contributed by atoms with E-state index in [1.54, 1.807) is 37.5 Å². The van der Waals surface area contributed by atoms with Crippen LogP contribution in [0.1, 0.15) is 35.3 Å². The molecule has 2 aromatic carbocycles. The van der Waals surface area contributed by atoms with Gasteiger partial charge >= 0.3 is 6.09 Å². The third kappa shape index (κ3) is 6.55. The highest BCUT2D eigenvalue weighted by Crippen LogP contribution is 2.32. The van der Waals surface area contributed by atoms with Crippen molar-refractivity contribution in [2.45, 2.75) is 29.6 Å². The zero-order chi connectivity index (χ0) is 23.5. The van der Waals surface area contributed by atoms with Crippen molar-refractivity contribution in [2.75, 3.05) is 19.0 Å². The van der Waals surface area contributed by atoms with Gasteiger partial charge in [0.15, 0.2) is 5.78 Å². The van der Waals surface area contributed by atoms with E-state index >= 15 is 0 Å². The first kappa shape index (κ1) is 24.2. The van der Waals surface area contributed by atoms with Crippen LogP contribution in [-0.2, 0) is 11.2 Å². The molecule has 2 aromatic rings. The highest BCUT2D eigenvalue weighted by molar-refractivity contribution is 6.67. The topological polar surface area (TPSA) is 76.7 Å². The standard InChI is InChI=1S/C23H23Cl3N2O4/c1-22(2)12-15-7-8-17(31-3)10-18(15)19(28-22)11-20(29)14-5-4-6-16(9-14)27-21(30)32-13-23(24,25)26/h4-11,28H,12-13H2,1-3H3,(H,27,30)/b19-11-. The van der Waals surface area contributed by atoms with Crippen molar-refractivity contribution < 1.29 is 19.1 Å². The minimum absolute atomic E-state index is 0.219. The molecule has 1 heterocycles. The van der Waals surface area contributed by atoms with Gasteiger partial charge in [0.2, 0.25) is 3.79 Å². The van der Waals surface area contributed by atoms with E-state index in [0.717, 1.165) is 17.5 Å². The van der Waals surface area contributed by atoms with Gasteiger partial charge in [0.1, 0.15) is 12.4 Å². The normalized spacial score (nSPS) is 16.0. The van der Waals surface area contributed by atoms with Gasteiger partial charge in [-0.2, -0.15) is 0 Å². The summed E-state index contributed by atoms with van der Waals surface area (Å²) >= 11 is 16.7. The summed E-state index contributed by atoms with van der Waals surface area (Å²) < 4.78 is 8.49. The smallest absolute Gasteiger partial charge is 0.411 e. The maximum atomic E-state index is 13.0. The number of rotatable bonds is 5. The van der Waals surface area contributed by atoms with Crippen molar-refractivity contribution in [3.8, 4) is 5.75 Å². The molecular weight excluding hydrogens is 475 g/mol. The third-order valence-corrected chi connectivity index (χ3v) is 5.08. The summed E-state index contributed by atoms with van der Waals surface area (Å²) in [5, 5.41) is 5.95. The zero-order valence-corrected chi connectivity index (χ0v) is 20.1. The van der Waals surface area contributed by atoms with Crippen LogP contribution >= 0.6 is 34.8 Å². The van der Waals surface area contributed by atoms with Gasteiger partial charge in [-0.05, 0) is 50.1 Å². The summed E-state index contributed by atoms with van der Waals surface area (Å²) in [6.07, 6.45) is 1.57. The number of methoxy groups -OCH3 is 1. The summed E-state index contributed by atoms with van der Waals surface area (Å²) in [5.74, 6) is 0.487. The van der Waals surface area contributed by atoms with Crippen LogP contribution in [0, 0.1) is 0 Å². The largest absolute Gasteiger partial charge is 0.497 e. The van der Waals surface area contributed by atoms with Crippen LogP contribution in [0.2, 0.25) is 0 Å². The number of fused-ring (bicyclic) bond motifs is 1. The molecule has 0 unspecified atom stereocenters. The second-order valence-electron chi connectivity index (χ2n) is 8.03. The van der Waals surface area contributed by atoms with Gasteiger partial charge in [-0.1, -0.05) is 53.0 Å². The minimum Gasteiger partial charge on any atom is -0.497 e. The van der Waals surface area contributed by atoms with E-state index in [2.05, 4.69) is 24.5 Å². The predicted octanol–water partition coefficient (Wildman–Crippen LogP) is 5.76. The van der Waals surface area contributed by atoms with Crippen molar-refractivity contribution in [3.05, 3.63) is 65.2 Å². The molecule has 0 aliphatic carbocycles. The molecule has 1 aliphatic rings. The Morgan fingerprint density at radius 2 is 1.94 bits per heavy atom. The lowest BCUT2D eigenvalue weighted by atomic mass is 9.85. The quantitative estimate of drug-likeness (QED) is 0.312. The average Bonchev–Trinajstić information content (AvgIpc) is 2.71. The van der Waals surface area contributed by atoms with E-state index < -0.39 is 16.5 Å². The summed E-state index contributed by atoms with van der Waals surface area (Å²) in [7, 11) is 1.60. The number of benzene rings is 2. The number of carbonyl (C=O) groups excluding carboxylic acids is 2. The third-order valence-electron chi connectivity index (χ3n) is 4.75. The average molecular weight is 498 g/mol. The number of hydrogen-bond acceptors (Lipinski definition) is 5. The molecule has 0 saturated heterocycles. The van der Waals surface area contributed by atoms with Crippen LogP contribution in [0.15, 0.2) is 48.5 Å². The van der Waals surface area contributed by atoms with Gasteiger partial charge in [-0.25, -0.2) is 4.79 Å². The van der Waals surface area contributed by atoms with E-state index in [9.17, 15) is 9.59 Å². The molecule has 0 atom stereocenters. The molecule has 1 aliphatic heterocycles. The molecule has 0 spiro atoms. The maximum Gasteiger partial charge on any atom is 0.411 e. The monoisotopic (exact) mass is 496 g/mol. The SMILES string of the molecule is COc1ccc2c(c1)/C(=C/C(=O)c1cccc(NC(=O)OCC(Cl)(Cl)Cl)c1)NC(C)(C)C2. The van der Waals surface area contributed by atoms with Crippen LogP contribution in [0.3, 0.4) is 0 Å². The first-order valence-corrected chi connectivity index (χ1v) is 10.9. The molecule has 0 aromatic heterocycles. The number of amides is 1. The second kappa shape index (κ2) is 9.61. The van der Waals surface area contributed by atoms with E-state index in [4.69, 9.17) is 44.3 Å². The van der Waals surface area contributed by atoms with Crippen molar-refractivity contribution in [1.82, 2.24) is 5.32 Å². The van der Waals surface area contributed by atoms with Crippen molar-refractivity contribution in [2.24, 2.45) is 0 Å². The molecule has 170 valence electrons. The molecule has 6 nitrogen and oxygen atoms in total. The number of hydrogen-bond donors (Lipinski definition) is 2. The van der Waals surface area contributed by atoms with Gasteiger partial charge < -0.3 is 14.8 Å². The second-order valence-corrected chi connectivity index (χ2v) is 10.5. The van der Waals surface area contributed by atoms with E-state index in [1.807, 2.05) is 18.2 Å². The highest BCUT2D eigenvalue weighted by atomic mass is 35.6. The fourth-order valence-corrected chi connectivity index (χ4v) is 3.58. The van der Waals surface area contributed by atoms with Crippen LogP contribution < -0.4 is 15.4 Å². The minimum atomic E-state index is -1.71. The molecule has 3 rings (SSSR count). The van der Waals surface area contributed by atoms with Gasteiger partial charge in [0.25, 0.3) is 0 Å². The molecule has 1 amide bonds. The summed E-state index contributed by atoms with van der Waals surface area (Å²) in [5.41, 5.74) is 3.31. The molecule has 32 heavy (non-hydrogen) atoms. The van der Waals surface area contributed by atoms with Crippen molar-refractivity contribution in [1.29, 1.82) is 0 Å². The molecule has 9 heteroatoms. The first-order chi connectivity index (χ1) is 15.0. The fraction of sp³-hybridized carbons (Fsp3) is 0.304. The van der Waals surface area contributed by atoms with Gasteiger partial charge in [0.05, 0.1) is 7.11 Å². The van der Waals surface area contributed by atoms with Crippen LogP contribution in [0.4, 0.5) is 10.5 Å². The Morgan fingerprint density at radius 1 is 1.19 bits per heavy atom. The van der Waals surface area contributed by atoms with E-state index in [1.165, 1.54) is 0 Å². The number of carbonyl (C=O) groups is 2. The van der Waals surface area contributed by atoms with E-state index in [0.29, 0.717) is 22.7 Å². The number of ether oxygens (including phenoxy) is 2. The number of halogens is 3. The van der Waals surface area contributed by atoms with Crippen LogP contribution in [-0.4, -0.2) is 34.9 Å². The van der Waals surface area contributed by atoms with Crippen molar-refractivity contribution in [3.63, 3.8) is 0 Å². The number of ketones is 1. The number of nitrogens with one attached hydrogen (secondary N) is 2. The summed E-state index contributed by atoms with van der Waals surface area (Å²) in [6, 6.07) is 12.3. The lowest BCUT2D eigenvalue weighted by Gasteiger charge is -2.35. The summed E-state index contributed by atoms with van der Waals surface area (Å²) in [4.78, 5) is 24.9. The molecule has 2 N–H and O–H groups in total. The van der Waals surface area contributed by atoms with E-state index in [-0.39, 0.29) is 11.3 Å². The fourth-order valence-electron chi connectivity index (χ4n) is 3.42. The lowest BCUT2D eigenvalue weighted by molar-refractivity contribution is 0.104. The Balaban J connectivity index is 1.82. The van der Waals surface area contributed by atoms with Gasteiger partial charge in [-0.15, -0.1) is 0 Å².